The Balaban J connectivity index is 1.74. The molecule has 0 unspecified atom stereocenters. The highest BCUT2D eigenvalue weighted by Gasteiger charge is 2.16. The smallest absolute Gasteiger partial charge is 0.138 e. The second kappa shape index (κ2) is 6.29. The summed E-state index contributed by atoms with van der Waals surface area (Å²) in [5, 5.41) is 5.83. The molecule has 0 radical (unpaired) electrons. The SMILES string of the molecule is CCCOc1ccc(C2=Nc3cccc4cccc(c34)N2)cc1Br. The lowest BCUT2D eigenvalue weighted by atomic mass is 10.0. The topological polar surface area (TPSA) is 33.6 Å². The Morgan fingerprint density at radius 3 is 2.71 bits per heavy atom. The van der Waals surface area contributed by atoms with E-state index >= 15 is 0 Å². The Bertz CT molecular complexity index is 944. The number of ether oxygens (including phenoxy) is 1. The maximum absolute atomic E-state index is 5.72. The molecule has 4 rings (SSSR count). The largest absolute Gasteiger partial charge is 0.492 e. The second-order valence-corrected chi connectivity index (χ2v) is 6.61. The van der Waals surface area contributed by atoms with Crippen LogP contribution in [0.25, 0.3) is 10.8 Å². The predicted molar refractivity (Wildman–Crippen MR) is 104 cm³/mol. The van der Waals surface area contributed by atoms with Gasteiger partial charge >= 0.3 is 0 Å². The van der Waals surface area contributed by atoms with Gasteiger partial charge < -0.3 is 10.1 Å². The summed E-state index contributed by atoms with van der Waals surface area (Å²) in [6, 6.07) is 18.6. The van der Waals surface area contributed by atoms with Crippen LogP contribution in [0.3, 0.4) is 0 Å². The maximum atomic E-state index is 5.72. The number of rotatable bonds is 4. The molecule has 1 N–H and O–H groups in total. The van der Waals surface area contributed by atoms with Crippen LogP contribution in [0.1, 0.15) is 18.9 Å². The third-order valence-electron chi connectivity index (χ3n) is 4.04. The first-order chi connectivity index (χ1) is 11.8. The molecule has 0 bridgehead atoms. The number of hydrogen-bond acceptors (Lipinski definition) is 3. The van der Waals surface area contributed by atoms with E-state index in [2.05, 4.69) is 58.5 Å². The number of nitrogens with zero attached hydrogens (tertiary/aromatic N) is 1. The number of nitrogens with one attached hydrogen (secondary N) is 1. The first kappa shape index (κ1) is 15.2. The van der Waals surface area contributed by atoms with Crippen LogP contribution in [0.2, 0.25) is 0 Å². The zero-order valence-electron chi connectivity index (χ0n) is 13.3. The van der Waals surface area contributed by atoms with Crippen molar-refractivity contribution in [3.8, 4) is 5.75 Å². The fourth-order valence-electron chi connectivity index (χ4n) is 2.91. The Hall–Kier alpha value is -2.33. The van der Waals surface area contributed by atoms with Crippen molar-refractivity contribution in [1.29, 1.82) is 0 Å². The minimum Gasteiger partial charge on any atom is -0.492 e. The molecule has 0 aromatic heterocycles. The summed E-state index contributed by atoms with van der Waals surface area (Å²) < 4.78 is 6.66. The van der Waals surface area contributed by atoms with Crippen molar-refractivity contribution >= 4 is 43.9 Å². The summed E-state index contributed by atoms with van der Waals surface area (Å²) in [7, 11) is 0. The van der Waals surface area contributed by atoms with E-state index in [9.17, 15) is 0 Å². The van der Waals surface area contributed by atoms with E-state index in [1.165, 1.54) is 10.8 Å². The van der Waals surface area contributed by atoms with E-state index in [1.54, 1.807) is 0 Å². The lowest BCUT2D eigenvalue weighted by molar-refractivity contribution is 0.315. The van der Waals surface area contributed by atoms with Crippen LogP contribution in [0.5, 0.6) is 5.75 Å². The molecule has 0 spiro atoms. The van der Waals surface area contributed by atoms with Crippen molar-refractivity contribution in [2.75, 3.05) is 11.9 Å². The van der Waals surface area contributed by atoms with Crippen molar-refractivity contribution in [1.82, 2.24) is 0 Å². The highest BCUT2D eigenvalue weighted by atomic mass is 79.9. The van der Waals surface area contributed by atoms with Gasteiger partial charge in [0.15, 0.2) is 0 Å². The summed E-state index contributed by atoms with van der Waals surface area (Å²) in [6.45, 7) is 2.81. The molecule has 1 heterocycles. The quantitative estimate of drug-likeness (QED) is 0.611. The van der Waals surface area contributed by atoms with Crippen molar-refractivity contribution in [3.63, 3.8) is 0 Å². The van der Waals surface area contributed by atoms with Crippen LogP contribution in [0, 0.1) is 0 Å². The molecular formula is C20H17BrN2O. The third kappa shape index (κ3) is 2.67. The fraction of sp³-hybridized carbons (Fsp3) is 0.150. The van der Waals surface area contributed by atoms with E-state index in [0.29, 0.717) is 6.61 Å². The van der Waals surface area contributed by atoms with E-state index in [0.717, 1.165) is 39.4 Å². The lowest BCUT2D eigenvalue weighted by Crippen LogP contribution is -2.16. The van der Waals surface area contributed by atoms with Crippen LogP contribution in [0.15, 0.2) is 64.1 Å². The maximum Gasteiger partial charge on any atom is 0.138 e. The first-order valence-corrected chi connectivity index (χ1v) is 8.86. The number of benzene rings is 3. The van der Waals surface area contributed by atoms with Gasteiger partial charge in [-0.25, -0.2) is 4.99 Å². The zero-order chi connectivity index (χ0) is 16.5. The molecule has 120 valence electrons. The molecule has 0 fully saturated rings. The molecule has 0 amide bonds. The molecule has 0 saturated carbocycles. The highest BCUT2D eigenvalue weighted by molar-refractivity contribution is 9.10. The van der Waals surface area contributed by atoms with Gasteiger partial charge in [-0.1, -0.05) is 31.2 Å². The zero-order valence-corrected chi connectivity index (χ0v) is 14.9. The standard InChI is InChI=1S/C20H17BrN2O/c1-2-11-24-18-10-9-14(12-15(18)21)20-22-16-7-3-5-13-6-4-8-17(23-20)19(13)16/h3-10,12H,2,11H2,1H3,(H,22,23). The normalized spacial score (nSPS) is 12.7. The van der Waals surface area contributed by atoms with Gasteiger partial charge in [0.25, 0.3) is 0 Å². The average molecular weight is 381 g/mol. The van der Waals surface area contributed by atoms with Crippen molar-refractivity contribution in [3.05, 3.63) is 64.6 Å². The Kier molecular flexibility index (Phi) is 3.98. The summed E-state index contributed by atoms with van der Waals surface area (Å²) in [5.41, 5.74) is 3.12. The van der Waals surface area contributed by atoms with Crippen molar-refractivity contribution in [2.24, 2.45) is 4.99 Å². The monoisotopic (exact) mass is 380 g/mol. The minimum atomic E-state index is 0.715. The van der Waals surface area contributed by atoms with E-state index in [1.807, 2.05) is 24.3 Å². The Labute approximate surface area is 149 Å². The van der Waals surface area contributed by atoms with Gasteiger partial charge in [0.05, 0.1) is 16.8 Å². The molecule has 3 nitrogen and oxygen atoms in total. The third-order valence-corrected chi connectivity index (χ3v) is 4.65. The molecule has 0 atom stereocenters. The predicted octanol–water partition coefficient (Wildman–Crippen LogP) is 5.89. The number of anilines is 1. The van der Waals surface area contributed by atoms with E-state index in [4.69, 9.17) is 9.73 Å². The average Bonchev–Trinajstić information content (AvgIpc) is 2.61. The molecule has 1 aliphatic heterocycles. The van der Waals surface area contributed by atoms with Crippen LogP contribution in [-0.2, 0) is 0 Å². The number of amidine groups is 1. The number of hydrogen-bond donors (Lipinski definition) is 1. The molecule has 3 aromatic rings. The summed E-state index contributed by atoms with van der Waals surface area (Å²) >= 11 is 3.60. The van der Waals surface area contributed by atoms with E-state index < -0.39 is 0 Å². The summed E-state index contributed by atoms with van der Waals surface area (Å²) in [5.74, 6) is 1.71. The van der Waals surface area contributed by atoms with Gasteiger partial charge in [-0.3, -0.25) is 0 Å². The lowest BCUT2D eigenvalue weighted by Gasteiger charge is -2.19. The van der Waals surface area contributed by atoms with Gasteiger partial charge in [-0.15, -0.1) is 0 Å². The summed E-state index contributed by atoms with van der Waals surface area (Å²) in [6.07, 6.45) is 0.989. The molecule has 3 aromatic carbocycles. The molecule has 24 heavy (non-hydrogen) atoms. The van der Waals surface area contributed by atoms with Gasteiger partial charge in [-0.2, -0.15) is 0 Å². The van der Waals surface area contributed by atoms with Crippen LogP contribution in [-0.4, -0.2) is 12.4 Å². The number of halogens is 1. The van der Waals surface area contributed by atoms with Gasteiger partial charge in [-0.05, 0) is 58.1 Å². The van der Waals surface area contributed by atoms with Crippen LogP contribution in [0.4, 0.5) is 11.4 Å². The molecule has 1 aliphatic rings. The summed E-state index contributed by atoms with van der Waals surface area (Å²) in [4.78, 5) is 4.81. The molecule has 0 saturated heterocycles. The molecule has 4 heteroatoms. The molecular weight excluding hydrogens is 364 g/mol. The molecule has 0 aliphatic carbocycles. The minimum absolute atomic E-state index is 0.715. The highest BCUT2D eigenvalue weighted by Crippen LogP contribution is 2.37. The Morgan fingerprint density at radius 2 is 1.92 bits per heavy atom. The Morgan fingerprint density at radius 1 is 1.08 bits per heavy atom. The van der Waals surface area contributed by atoms with Crippen molar-refractivity contribution < 1.29 is 4.74 Å². The number of aliphatic imine (C=N–C) groups is 1. The second-order valence-electron chi connectivity index (χ2n) is 5.76. The van der Waals surface area contributed by atoms with Gasteiger partial charge in [0.1, 0.15) is 11.6 Å². The van der Waals surface area contributed by atoms with Crippen LogP contribution >= 0.6 is 15.9 Å². The van der Waals surface area contributed by atoms with Gasteiger partial charge in [0.2, 0.25) is 0 Å². The van der Waals surface area contributed by atoms with Crippen LogP contribution < -0.4 is 10.1 Å². The van der Waals surface area contributed by atoms with Gasteiger partial charge in [0, 0.05) is 16.6 Å². The van der Waals surface area contributed by atoms with Crippen molar-refractivity contribution in [2.45, 2.75) is 13.3 Å². The van der Waals surface area contributed by atoms with E-state index in [-0.39, 0.29) is 0 Å². The fourth-order valence-corrected chi connectivity index (χ4v) is 3.40. The first-order valence-electron chi connectivity index (χ1n) is 8.06.